The first-order chi connectivity index (χ1) is 9.24. The van der Waals surface area contributed by atoms with E-state index in [1.54, 1.807) is 11.3 Å². The molecule has 1 atom stereocenters. The summed E-state index contributed by atoms with van der Waals surface area (Å²) in [6, 6.07) is 12.8. The average molecular weight is 270 g/mol. The Kier molecular flexibility index (Phi) is 4.59. The van der Waals surface area contributed by atoms with E-state index in [4.69, 9.17) is 0 Å². The maximum absolute atomic E-state index is 9.23. The molecule has 2 rings (SSSR count). The molecule has 1 N–H and O–H groups in total. The summed E-state index contributed by atoms with van der Waals surface area (Å²) in [5.41, 5.74) is 2.77. The quantitative estimate of drug-likeness (QED) is 0.840. The van der Waals surface area contributed by atoms with Crippen molar-refractivity contribution in [3.05, 3.63) is 51.7 Å². The van der Waals surface area contributed by atoms with E-state index in [1.807, 2.05) is 25.1 Å². The Hall–Kier alpha value is -1.79. The molecule has 2 nitrogen and oxygen atoms in total. The van der Waals surface area contributed by atoms with Gasteiger partial charge in [0.25, 0.3) is 0 Å². The van der Waals surface area contributed by atoms with Crippen molar-refractivity contribution in [2.45, 2.75) is 32.7 Å². The van der Waals surface area contributed by atoms with Crippen LogP contribution in [0.2, 0.25) is 0 Å². The zero-order chi connectivity index (χ0) is 13.7. The van der Waals surface area contributed by atoms with Crippen molar-refractivity contribution in [3.8, 4) is 6.07 Å². The van der Waals surface area contributed by atoms with Crippen molar-refractivity contribution in [2.24, 2.45) is 0 Å². The van der Waals surface area contributed by atoms with Crippen molar-refractivity contribution < 1.29 is 0 Å². The van der Waals surface area contributed by atoms with Gasteiger partial charge in [0, 0.05) is 4.88 Å². The normalized spacial score (nSPS) is 11.8. The van der Waals surface area contributed by atoms with E-state index in [-0.39, 0.29) is 0 Å². The molecule has 3 heteroatoms. The fraction of sp³-hybridized carbons (Fsp3) is 0.312. The highest BCUT2D eigenvalue weighted by molar-refractivity contribution is 7.10. The molecule has 1 aromatic carbocycles. The van der Waals surface area contributed by atoms with E-state index in [9.17, 15) is 5.26 Å². The highest BCUT2D eigenvalue weighted by atomic mass is 32.1. The van der Waals surface area contributed by atoms with Gasteiger partial charge in [0.15, 0.2) is 0 Å². The Balaban J connectivity index is 2.25. The second-order valence-electron chi connectivity index (χ2n) is 4.66. The summed E-state index contributed by atoms with van der Waals surface area (Å²) in [5, 5.41) is 14.8. The minimum atomic E-state index is 0.291. The number of thiophene rings is 1. The molecule has 0 aliphatic heterocycles. The highest BCUT2D eigenvalue weighted by Gasteiger charge is 2.13. The molecule has 0 aliphatic rings. The number of hydrogen-bond acceptors (Lipinski definition) is 3. The van der Waals surface area contributed by atoms with Gasteiger partial charge < -0.3 is 5.32 Å². The number of nitrogens with one attached hydrogen (secondary N) is 1. The van der Waals surface area contributed by atoms with Crippen molar-refractivity contribution in [1.29, 1.82) is 5.26 Å². The summed E-state index contributed by atoms with van der Waals surface area (Å²) in [7, 11) is 0. The average Bonchev–Trinajstić information content (AvgIpc) is 2.94. The van der Waals surface area contributed by atoms with E-state index in [0.717, 1.165) is 29.7 Å². The molecular weight excluding hydrogens is 252 g/mol. The maximum atomic E-state index is 9.23. The molecule has 0 saturated carbocycles. The lowest BCUT2D eigenvalue weighted by molar-refractivity contribution is 0.687. The van der Waals surface area contributed by atoms with Crippen LogP contribution in [0.25, 0.3) is 0 Å². The van der Waals surface area contributed by atoms with Gasteiger partial charge in [-0.15, -0.1) is 11.3 Å². The minimum Gasteiger partial charge on any atom is -0.376 e. The Morgan fingerprint density at radius 1 is 1.37 bits per heavy atom. The van der Waals surface area contributed by atoms with E-state index < -0.39 is 0 Å². The molecule has 98 valence electrons. The van der Waals surface area contributed by atoms with Crippen LogP contribution in [-0.4, -0.2) is 0 Å². The van der Waals surface area contributed by atoms with E-state index in [2.05, 4.69) is 35.8 Å². The van der Waals surface area contributed by atoms with Crippen LogP contribution in [0.15, 0.2) is 35.7 Å². The predicted octanol–water partition coefficient (Wildman–Crippen LogP) is 4.88. The first kappa shape index (κ1) is 13.6. The molecule has 0 aliphatic carbocycles. The monoisotopic (exact) mass is 270 g/mol. The van der Waals surface area contributed by atoms with E-state index in [0.29, 0.717) is 6.04 Å². The highest BCUT2D eigenvalue weighted by Crippen LogP contribution is 2.29. The van der Waals surface area contributed by atoms with Gasteiger partial charge in [-0.05, 0) is 42.5 Å². The van der Waals surface area contributed by atoms with Crippen LogP contribution in [0.1, 0.15) is 41.8 Å². The van der Waals surface area contributed by atoms with Gasteiger partial charge in [0.1, 0.15) is 6.07 Å². The zero-order valence-corrected chi connectivity index (χ0v) is 12.1. The van der Waals surface area contributed by atoms with Gasteiger partial charge >= 0.3 is 0 Å². The van der Waals surface area contributed by atoms with Crippen molar-refractivity contribution in [2.75, 3.05) is 5.32 Å². The predicted molar refractivity (Wildman–Crippen MR) is 81.5 cm³/mol. The molecule has 1 heterocycles. The Morgan fingerprint density at radius 3 is 2.84 bits per heavy atom. The van der Waals surface area contributed by atoms with Gasteiger partial charge in [0.2, 0.25) is 0 Å². The third-order valence-electron chi connectivity index (χ3n) is 3.09. The largest absolute Gasteiger partial charge is 0.376 e. The Bertz CT molecular complexity index is 567. The molecular formula is C16H18N2S. The zero-order valence-electron chi connectivity index (χ0n) is 11.3. The van der Waals surface area contributed by atoms with Crippen LogP contribution >= 0.6 is 11.3 Å². The summed E-state index contributed by atoms with van der Waals surface area (Å²) < 4.78 is 0. The van der Waals surface area contributed by atoms with Crippen molar-refractivity contribution in [1.82, 2.24) is 0 Å². The standard InChI is InChI=1S/C16H18N2S/c1-3-5-15(16-6-4-9-19-16)18-14-8-7-12(2)10-13(14)11-17/h4,6-10,15,18H,3,5H2,1-2H3. The molecule has 0 radical (unpaired) electrons. The number of nitriles is 1. The lowest BCUT2D eigenvalue weighted by Gasteiger charge is -2.19. The van der Waals surface area contributed by atoms with E-state index in [1.165, 1.54) is 4.88 Å². The Morgan fingerprint density at radius 2 is 2.21 bits per heavy atom. The van der Waals surface area contributed by atoms with Gasteiger partial charge in [0.05, 0.1) is 17.3 Å². The van der Waals surface area contributed by atoms with Crippen LogP contribution in [-0.2, 0) is 0 Å². The van der Waals surface area contributed by atoms with Crippen LogP contribution < -0.4 is 5.32 Å². The molecule has 19 heavy (non-hydrogen) atoms. The number of rotatable bonds is 5. The second kappa shape index (κ2) is 6.40. The number of benzene rings is 1. The second-order valence-corrected chi connectivity index (χ2v) is 5.64. The fourth-order valence-electron chi connectivity index (χ4n) is 2.13. The maximum Gasteiger partial charge on any atom is 0.101 e. The lowest BCUT2D eigenvalue weighted by atomic mass is 10.1. The van der Waals surface area contributed by atoms with Gasteiger partial charge in [-0.25, -0.2) is 0 Å². The summed E-state index contributed by atoms with van der Waals surface area (Å²) in [6.45, 7) is 4.19. The van der Waals surface area contributed by atoms with Crippen molar-refractivity contribution in [3.63, 3.8) is 0 Å². The molecule has 2 aromatic rings. The number of aryl methyl sites for hydroxylation is 1. The first-order valence-corrected chi connectivity index (χ1v) is 7.43. The summed E-state index contributed by atoms with van der Waals surface area (Å²) in [6.07, 6.45) is 2.18. The van der Waals surface area contributed by atoms with Crippen LogP contribution in [0, 0.1) is 18.3 Å². The lowest BCUT2D eigenvalue weighted by Crippen LogP contribution is -2.10. The third-order valence-corrected chi connectivity index (χ3v) is 4.08. The van der Waals surface area contributed by atoms with Crippen molar-refractivity contribution >= 4 is 17.0 Å². The van der Waals surface area contributed by atoms with Crippen LogP contribution in [0.4, 0.5) is 5.69 Å². The number of hydrogen-bond donors (Lipinski definition) is 1. The molecule has 1 unspecified atom stereocenters. The molecule has 1 aromatic heterocycles. The molecule has 0 bridgehead atoms. The first-order valence-electron chi connectivity index (χ1n) is 6.55. The van der Waals surface area contributed by atoms with Gasteiger partial charge in [-0.1, -0.05) is 25.5 Å². The topological polar surface area (TPSA) is 35.8 Å². The number of nitrogens with zero attached hydrogens (tertiary/aromatic N) is 1. The van der Waals surface area contributed by atoms with Crippen LogP contribution in [0.5, 0.6) is 0 Å². The SMILES string of the molecule is CCCC(Nc1ccc(C)cc1C#N)c1cccs1. The summed E-state index contributed by atoms with van der Waals surface area (Å²) in [4.78, 5) is 1.33. The van der Waals surface area contributed by atoms with Gasteiger partial charge in [-0.2, -0.15) is 5.26 Å². The molecule has 0 spiro atoms. The molecule has 0 saturated heterocycles. The molecule has 0 amide bonds. The van der Waals surface area contributed by atoms with Gasteiger partial charge in [-0.3, -0.25) is 0 Å². The minimum absolute atomic E-state index is 0.291. The number of anilines is 1. The summed E-state index contributed by atoms with van der Waals surface area (Å²) >= 11 is 1.76. The Labute approximate surface area is 118 Å². The third kappa shape index (κ3) is 3.36. The smallest absolute Gasteiger partial charge is 0.101 e. The molecule has 0 fully saturated rings. The summed E-state index contributed by atoms with van der Waals surface area (Å²) in [5.74, 6) is 0. The van der Waals surface area contributed by atoms with E-state index >= 15 is 0 Å². The fourth-order valence-corrected chi connectivity index (χ4v) is 2.94. The van der Waals surface area contributed by atoms with Crippen LogP contribution in [0.3, 0.4) is 0 Å².